The summed E-state index contributed by atoms with van der Waals surface area (Å²) in [5, 5.41) is 20.3. The number of fused-ring (bicyclic) bond motifs is 2. The van der Waals surface area contributed by atoms with Gasteiger partial charge in [0.2, 0.25) is 0 Å². The van der Waals surface area contributed by atoms with E-state index in [1.165, 1.54) is 6.07 Å². The molecule has 6 nitrogen and oxygen atoms in total. The second-order valence-corrected chi connectivity index (χ2v) is 8.79. The molecular formula is C31H22O6. The van der Waals surface area contributed by atoms with Crippen LogP contribution in [0.1, 0.15) is 22.8 Å². The molecule has 1 aliphatic rings. The van der Waals surface area contributed by atoms with Crippen molar-refractivity contribution < 1.29 is 24.1 Å². The zero-order valence-electron chi connectivity index (χ0n) is 19.6. The summed E-state index contributed by atoms with van der Waals surface area (Å²) in [6, 6.07) is 26.1. The standard InChI is InChI=1S/C31H22O6/c32-22-5-3-4-19(14-22)8-9-20-15-23(33)11-12-24(20)31-18-35-30-16-21(10-13-28(30)37-31)29-17-26(34)25-6-1-2-7-27(25)36-29/h1-17,31-33H,18H2/b9-8+. The average Bonchev–Trinajstić information content (AvgIpc) is 2.91. The molecule has 6 heteroatoms. The normalized spacial score (nSPS) is 14.8. The maximum atomic E-state index is 12.5. The fourth-order valence-electron chi connectivity index (χ4n) is 4.44. The van der Waals surface area contributed by atoms with Crippen molar-refractivity contribution >= 4 is 23.1 Å². The van der Waals surface area contributed by atoms with Crippen LogP contribution in [-0.2, 0) is 0 Å². The minimum Gasteiger partial charge on any atom is -0.508 e. The van der Waals surface area contributed by atoms with Crippen LogP contribution in [-0.4, -0.2) is 16.8 Å². The van der Waals surface area contributed by atoms with Gasteiger partial charge < -0.3 is 24.1 Å². The summed E-state index contributed by atoms with van der Waals surface area (Å²) >= 11 is 0. The van der Waals surface area contributed by atoms with Gasteiger partial charge in [-0.05, 0) is 65.7 Å². The van der Waals surface area contributed by atoms with E-state index in [2.05, 4.69) is 0 Å². The van der Waals surface area contributed by atoms with Crippen LogP contribution < -0.4 is 14.9 Å². The monoisotopic (exact) mass is 490 g/mol. The van der Waals surface area contributed by atoms with E-state index in [-0.39, 0.29) is 23.5 Å². The van der Waals surface area contributed by atoms with E-state index >= 15 is 0 Å². The topological polar surface area (TPSA) is 89.1 Å². The van der Waals surface area contributed by atoms with Crippen molar-refractivity contribution in [2.24, 2.45) is 0 Å². The highest BCUT2D eigenvalue weighted by Gasteiger charge is 2.25. The summed E-state index contributed by atoms with van der Waals surface area (Å²) in [4.78, 5) is 12.5. The van der Waals surface area contributed by atoms with Crippen molar-refractivity contribution in [1.82, 2.24) is 0 Å². The molecule has 1 unspecified atom stereocenters. The summed E-state index contributed by atoms with van der Waals surface area (Å²) < 4.78 is 18.3. The molecule has 4 aromatic carbocycles. The Morgan fingerprint density at radius 1 is 0.784 bits per heavy atom. The van der Waals surface area contributed by atoms with Crippen molar-refractivity contribution in [3.63, 3.8) is 0 Å². The lowest BCUT2D eigenvalue weighted by molar-refractivity contribution is 0.0912. The van der Waals surface area contributed by atoms with Gasteiger partial charge in [0, 0.05) is 17.2 Å². The lowest BCUT2D eigenvalue weighted by atomic mass is 10.00. The van der Waals surface area contributed by atoms with Crippen molar-refractivity contribution in [3.05, 3.63) is 118 Å². The number of phenolic OH excluding ortho intramolecular Hbond substituents is 2. The van der Waals surface area contributed by atoms with E-state index in [4.69, 9.17) is 13.9 Å². The van der Waals surface area contributed by atoms with Gasteiger partial charge in [0.05, 0.1) is 5.39 Å². The lowest BCUT2D eigenvalue weighted by Crippen LogP contribution is -2.22. The van der Waals surface area contributed by atoms with E-state index in [0.29, 0.717) is 33.8 Å². The van der Waals surface area contributed by atoms with Crippen LogP contribution in [0.25, 0.3) is 34.4 Å². The molecular weight excluding hydrogens is 468 g/mol. The number of aromatic hydroxyl groups is 2. The van der Waals surface area contributed by atoms with Crippen LogP contribution in [0.3, 0.4) is 0 Å². The molecule has 1 aromatic heterocycles. The number of hydrogen-bond acceptors (Lipinski definition) is 6. The smallest absolute Gasteiger partial charge is 0.193 e. The molecule has 1 aliphatic heterocycles. The molecule has 0 aliphatic carbocycles. The molecule has 0 saturated heterocycles. The molecule has 5 aromatic rings. The number of hydrogen-bond donors (Lipinski definition) is 2. The minimum absolute atomic E-state index is 0.106. The molecule has 182 valence electrons. The van der Waals surface area contributed by atoms with Gasteiger partial charge in [0.25, 0.3) is 0 Å². The molecule has 2 N–H and O–H groups in total. The molecule has 2 heterocycles. The zero-order valence-corrected chi connectivity index (χ0v) is 19.6. The van der Waals surface area contributed by atoms with Crippen LogP contribution in [0.15, 0.2) is 100 Å². The Hall–Kier alpha value is -4.97. The Kier molecular flexibility index (Phi) is 5.62. The Morgan fingerprint density at radius 3 is 2.54 bits per heavy atom. The number of rotatable bonds is 4. The Morgan fingerprint density at radius 2 is 1.65 bits per heavy atom. The molecule has 37 heavy (non-hydrogen) atoms. The summed E-state index contributed by atoms with van der Waals surface area (Å²) in [5.74, 6) is 1.90. The Bertz CT molecular complexity index is 1720. The van der Waals surface area contributed by atoms with Gasteiger partial charge in [-0.25, -0.2) is 0 Å². The lowest BCUT2D eigenvalue weighted by Gasteiger charge is -2.28. The van der Waals surface area contributed by atoms with Gasteiger partial charge in [0.15, 0.2) is 23.0 Å². The molecule has 0 radical (unpaired) electrons. The average molecular weight is 491 g/mol. The van der Waals surface area contributed by atoms with Crippen LogP contribution in [0.4, 0.5) is 0 Å². The number of phenols is 2. The van der Waals surface area contributed by atoms with Crippen molar-refractivity contribution in [2.45, 2.75) is 6.10 Å². The summed E-state index contributed by atoms with van der Waals surface area (Å²) in [5.41, 5.74) is 3.58. The van der Waals surface area contributed by atoms with Gasteiger partial charge in [-0.2, -0.15) is 0 Å². The first-order chi connectivity index (χ1) is 18.0. The first-order valence-electron chi connectivity index (χ1n) is 11.8. The van der Waals surface area contributed by atoms with E-state index in [9.17, 15) is 15.0 Å². The second kappa shape index (κ2) is 9.24. The van der Waals surface area contributed by atoms with Crippen molar-refractivity contribution in [2.75, 3.05) is 6.61 Å². The Labute approximate surface area is 212 Å². The summed E-state index contributed by atoms with van der Waals surface area (Å²) in [6.45, 7) is 0.260. The molecule has 0 spiro atoms. The van der Waals surface area contributed by atoms with Crippen molar-refractivity contribution in [1.29, 1.82) is 0 Å². The third-order valence-electron chi connectivity index (χ3n) is 6.27. The highest BCUT2D eigenvalue weighted by atomic mass is 16.6. The van der Waals surface area contributed by atoms with Gasteiger partial charge in [-0.3, -0.25) is 4.79 Å². The summed E-state index contributed by atoms with van der Waals surface area (Å²) in [7, 11) is 0. The third-order valence-corrected chi connectivity index (χ3v) is 6.27. The van der Waals surface area contributed by atoms with Gasteiger partial charge in [-0.15, -0.1) is 0 Å². The first kappa shape index (κ1) is 22.5. The predicted molar refractivity (Wildman–Crippen MR) is 142 cm³/mol. The zero-order chi connectivity index (χ0) is 25.4. The summed E-state index contributed by atoms with van der Waals surface area (Å²) in [6.07, 6.45) is 3.33. The first-order valence-corrected chi connectivity index (χ1v) is 11.8. The van der Waals surface area contributed by atoms with E-state index < -0.39 is 6.10 Å². The minimum atomic E-state index is -0.402. The molecule has 0 amide bonds. The van der Waals surface area contributed by atoms with Gasteiger partial charge in [0.1, 0.15) is 29.4 Å². The van der Waals surface area contributed by atoms with Gasteiger partial charge >= 0.3 is 0 Å². The maximum Gasteiger partial charge on any atom is 0.193 e. The van der Waals surface area contributed by atoms with Crippen molar-refractivity contribution in [3.8, 4) is 34.3 Å². The maximum absolute atomic E-state index is 12.5. The van der Waals surface area contributed by atoms with Gasteiger partial charge in [-0.1, -0.05) is 42.5 Å². The number of ether oxygens (including phenoxy) is 2. The SMILES string of the molecule is O=c1cc(-c2ccc3c(c2)OCC(c2ccc(O)cc2/C=C/c2cccc(O)c2)O3)oc2ccccc12. The van der Waals surface area contributed by atoms with Crippen LogP contribution in [0.2, 0.25) is 0 Å². The highest BCUT2D eigenvalue weighted by Crippen LogP contribution is 2.40. The van der Waals surface area contributed by atoms with E-state index in [1.54, 1.807) is 60.7 Å². The Balaban J connectivity index is 1.29. The van der Waals surface area contributed by atoms with Crippen LogP contribution >= 0.6 is 0 Å². The molecule has 6 rings (SSSR count). The molecule has 0 fully saturated rings. The fraction of sp³-hybridized carbons (Fsp3) is 0.0645. The molecule has 1 atom stereocenters. The third kappa shape index (κ3) is 4.52. The highest BCUT2D eigenvalue weighted by molar-refractivity contribution is 5.79. The largest absolute Gasteiger partial charge is 0.508 e. The molecule has 0 bridgehead atoms. The van der Waals surface area contributed by atoms with Crippen LogP contribution in [0.5, 0.6) is 23.0 Å². The fourth-order valence-corrected chi connectivity index (χ4v) is 4.44. The molecule has 0 saturated carbocycles. The predicted octanol–water partition coefficient (Wildman–Crippen LogP) is 6.55. The van der Waals surface area contributed by atoms with Crippen LogP contribution in [0, 0.1) is 0 Å². The quantitative estimate of drug-likeness (QED) is 0.278. The second-order valence-electron chi connectivity index (χ2n) is 8.79. The number of para-hydroxylation sites is 1. The van der Waals surface area contributed by atoms with E-state index in [1.807, 2.05) is 36.4 Å². The number of benzene rings is 4. The van der Waals surface area contributed by atoms with E-state index in [0.717, 1.165) is 16.7 Å².